The predicted molar refractivity (Wildman–Crippen MR) is 92.3 cm³/mol. The molecule has 0 aliphatic carbocycles. The molecule has 0 saturated carbocycles. The van der Waals surface area contributed by atoms with Gasteiger partial charge in [-0.05, 0) is 35.4 Å². The number of tetrazole rings is 1. The molecule has 2 heterocycles. The molecule has 0 unspecified atom stereocenters. The maximum absolute atomic E-state index is 14.8. The van der Waals surface area contributed by atoms with Crippen molar-refractivity contribution in [3.8, 4) is 17.1 Å². The Morgan fingerprint density at radius 1 is 1.31 bits per heavy atom. The number of H-pyrrole nitrogens is 1. The van der Waals surface area contributed by atoms with E-state index < -0.39 is 5.82 Å². The number of hydrogen-bond donors (Lipinski definition) is 1. The van der Waals surface area contributed by atoms with Crippen LogP contribution in [0.5, 0.6) is 5.75 Å². The largest absolute Gasteiger partial charge is 0.489 e. The van der Waals surface area contributed by atoms with Gasteiger partial charge in [-0.25, -0.2) is 8.78 Å². The van der Waals surface area contributed by atoms with E-state index >= 15 is 0 Å². The monoisotopic (exact) mass is 377 g/mol. The Morgan fingerprint density at radius 2 is 2.15 bits per heavy atom. The lowest BCUT2D eigenvalue weighted by Gasteiger charge is -2.33. The predicted octanol–water partition coefficient (Wildman–Crippen LogP) is 3.51. The van der Waals surface area contributed by atoms with E-state index in [0.29, 0.717) is 31.1 Å². The third kappa shape index (κ3) is 2.86. The molecule has 9 heteroatoms. The van der Waals surface area contributed by atoms with E-state index in [0.717, 1.165) is 11.1 Å². The molecule has 0 saturated heterocycles. The number of nitrogens with one attached hydrogen (secondary N) is 1. The van der Waals surface area contributed by atoms with Crippen molar-refractivity contribution in [3.05, 3.63) is 52.0 Å². The van der Waals surface area contributed by atoms with Crippen molar-refractivity contribution in [3.63, 3.8) is 0 Å². The Balaban J connectivity index is 1.85. The van der Waals surface area contributed by atoms with Gasteiger partial charge in [-0.3, -0.25) is 0 Å². The maximum Gasteiger partial charge on any atom is 0.209 e. The number of fused-ring (bicyclic) bond motifs is 1. The summed E-state index contributed by atoms with van der Waals surface area (Å²) in [5, 5.41) is 13.5. The molecule has 6 nitrogen and oxygen atoms in total. The highest BCUT2D eigenvalue weighted by atomic mass is 35.5. The molecule has 1 aromatic heterocycles. The lowest BCUT2D eigenvalue weighted by Crippen LogP contribution is -2.33. The summed E-state index contributed by atoms with van der Waals surface area (Å²) in [5.41, 5.74) is 2.32. The molecule has 2 aromatic carbocycles. The summed E-state index contributed by atoms with van der Waals surface area (Å²) in [5.74, 6) is -0.470. The van der Waals surface area contributed by atoms with Crippen LogP contribution >= 0.6 is 11.6 Å². The van der Waals surface area contributed by atoms with Crippen molar-refractivity contribution in [1.29, 1.82) is 0 Å². The summed E-state index contributed by atoms with van der Waals surface area (Å²) in [6, 6.07) is 6.04. The van der Waals surface area contributed by atoms with Crippen LogP contribution in [0.25, 0.3) is 11.4 Å². The number of rotatable bonds is 3. The van der Waals surface area contributed by atoms with Gasteiger partial charge in [0.05, 0.1) is 22.8 Å². The second-order valence-electron chi connectivity index (χ2n) is 5.97. The Hall–Kier alpha value is -2.74. The van der Waals surface area contributed by atoms with Crippen LogP contribution in [0.15, 0.2) is 24.3 Å². The van der Waals surface area contributed by atoms with Crippen molar-refractivity contribution >= 4 is 17.3 Å². The third-order valence-electron chi connectivity index (χ3n) is 4.33. The van der Waals surface area contributed by atoms with Gasteiger partial charge in [0.1, 0.15) is 18.2 Å². The molecule has 26 heavy (non-hydrogen) atoms. The van der Waals surface area contributed by atoms with E-state index in [1.54, 1.807) is 6.07 Å². The van der Waals surface area contributed by atoms with Gasteiger partial charge >= 0.3 is 0 Å². The van der Waals surface area contributed by atoms with Crippen LogP contribution in [0.1, 0.15) is 11.1 Å². The number of aromatic amines is 1. The van der Waals surface area contributed by atoms with Crippen molar-refractivity contribution in [1.82, 2.24) is 20.6 Å². The summed E-state index contributed by atoms with van der Waals surface area (Å²) >= 11 is 6.01. The number of nitrogens with zero attached hydrogens (tertiary/aromatic N) is 4. The van der Waals surface area contributed by atoms with Crippen molar-refractivity contribution in [2.45, 2.75) is 13.5 Å². The van der Waals surface area contributed by atoms with Crippen LogP contribution in [-0.2, 0) is 6.54 Å². The number of halogens is 3. The first-order valence-corrected chi connectivity index (χ1v) is 8.31. The molecule has 0 fully saturated rings. The standard InChI is InChI=1S/C17H14ClF2N5O/c1-9-2-3-11(19)6-10(9)8-25-4-5-26-13-7-12(18)15(20)14(16(13)25)17-21-23-24-22-17/h2-3,6-7H,4-5,8H2,1H3,(H,21,22,23,24). The highest BCUT2D eigenvalue weighted by Crippen LogP contribution is 2.44. The first kappa shape index (κ1) is 16.7. The minimum Gasteiger partial charge on any atom is -0.489 e. The van der Waals surface area contributed by atoms with Crippen molar-refractivity contribution < 1.29 is 13.5 Å². The molecule has 134 valence electrons. The van der Waals surface area contributed by atoms with Crippen molar-refractivity contribution in [2.24, 2.45) is 0 Å². The lowest BCUT2D eigenvalue weighted by atomic mass is 10.0. The maximum atomic E-state index is 14.8. The molecule has 1 aliphatic rings. The Morgan fingerprint density at radius 3 is 2.92 bits per heavy atom. The quantitative estimate of drug-likeness (QED) is 0.756. The average Bonchev–Trinajstić information content (AvgIpc) is 3.14. The molecular weight excluding hydrogens is 364 g/mol. The molecule has 1 aliphatic heterocycles. The Bertz CT molecular complexity index is 964. The molecule has 3 aromatic rings. The summed E-state index contributed by atoms with van der Waals surface area (Å²) < 4.78 is 34.1. The molecule has 0 amide bonds. The van der Waals surface area contributed by atoms with Crippen LogP contribution in [0.3, 0.4) is 0 Å². The van der Waals surface area contributed by atoms with E-state index in [4.69, 9.17) is 16.3 Å². The van der Waals surface area contributed by atoms with Gasteiger partial charge in [-0.2, -0.15) is 5.21 Å². The van der Waals surface area contributed by atoms with E-state index in [1.165, 1.54) is 18.2 Å². The smallest absolute Gasteiger partial charge is 0.209 e. The van der Waals surface area contributed by atoms with Gasteiger partial charge in [0.2, 0.25) is 5.82 Å². The Labute approximate surface area is 152 Å². The second kappa shape index (κ2) is 6.53. The summed E-state index contributed by atoms with van der Waals surface area (Å²) in [6.07, 6.45) is 0. The summed E-state index contributed by atoms with van der Waals surface area (Å²) in [4.78, 5) is 1.91. The number of ether oxygens (including phenoxy) is 1. The van der Waals surface area contributed by atoms with Gasteiger partial charge in [-0.15, -0.1) is 10.2 Å². The van der Waals surface area contributed by atoms with Crippen LogP contribution in [0.4, 0.5) is 14.5 Å². The molecular formula is C17H14ClF2N5O. The minimum atomic E-state index is -0.654. The Kier molecular flexibility index (Phi) is 4.20. The number of aryl methyl sites for hydroxylation is 1. The third-order valence-corrected chi connectivity index (χ3v) is 4.61. The van der Waals surface area contributed by atoms with E-state index in [9.17, 15) is 8.78 Å². The molecule has 4 rings (SSSR count). The first-order valence-electron chi connectivity index (χ1n) is 7.93. The van der Waals surface area contributed by atoms with Gasteiger partial charge in [0.25, 0.3) is 0 Å². The lowest BCUT2D eigenvalue weighted by molar-refractivity contribution is 0.306. The van der Waals surface area contributed by atoms with Gasteiger partial charge in [0, 0.05) is 12.6 Å². The fourth-order valence-electron chi connectivity index (χ4n) is 3.04. The summed E-state index contributed by atoms with van der Waals surface area (Å²) in [6.45, 7) is 3.18. The van der Waals surface area contributed by atoms with E-state index in [-0.39, 0.29) is 22.2 Å². The van der Waals surface area contributed by atoms with Crippen LogP contribution in [0.2, 0.25) is 5.02 Å². The molecule has 0 bridgehead atoms. The molecule has 0 atom stereocenters. The SMILES string of the molecule is Cc1ccc(F)cc1CN1CCOc2cc(Cl)c(F)c(-c3nn[nH]n3)c21. The molecule has 0 radical (unpaired) electrons. The van der Waals surface area contributed by atoms with Crippen molar-refractivity contribution in [2.75, 3.05) is 18.1 Å². The van der Waals surface area contributed by atoms with Crippen LogP contribution < -0.4 is 9.64 Å². The number of anilines is 1. The zero-order valence-electron chi connectivity index (χ0n) is 13.8. The molecule has 1 N–H and O–H groups in total. The van der Waals surface area contributed by atoms with Crippen LogP contribution in [0, 0.1) is 18.6 Å². The highest BCUT2D eigenvalue weighted by molar-refractivity contribution is 6.31. The number of benzene rings is 2. The topological polar surface area (TPSA) is 66.9 Å². The second-order valence-corrected chi connectivity index (χ2v) is 6.38. The van der Waals surface area contributed by atoms with Gasteiger partial charge in [0.15, 0.2) is 5.82 Å². The molecule has 0 spiro atoms. The average molecular weight is 378 g/mol. The van der Waals surface area contributed by atoms with E-state index in [2.05, 4.69) is 20.6 Å². The van der Waals surface area contributed by atoms with E-state index in [1.807, 2.05) is 11.8 Å². The van der Waals surface area contributed by atoms with Crippen LogP contribution in [-0.4, -0.2) is 33.8 Å². The zero-order chi connectivity index (χ0) is 18.3. The first-order chi connectivity index (χ1) is 12.5. The van der Waals surface area contributed by atoms with Gasteiger partial charge < -0.3 is 9.64 Å². The fraction of sp³-hybridized carbons (Fsp3) is 0.235. The highest BCUT2D eigenvalue weighted by Gasteiger charge is 2.29. The fourth-order valence-corrected chi connectivity index (χ4v) is 3.23. The summed E-state index contributed by atoms with van der Waals surface area (Å²) in [7, 11) is 0. The van der Waals surface area contributed by atoms with Gasteiger partial charge in [-0.1, -0.05) is 17.7 Å². The number of hydrogen-bond acceptors (Lipinski definition) is 5. The number of aromatic nitrogens is 4. The minimum absolute atomic E-state index is 0.0766. The normalized spacial score (nSPS) is 13.5. The zero-order valence-corrected chi connectivity index (χ0v) is 14.5.